The molecule has 0 aliphatic carbocycles. The topological polar surface area (TPSA) is 61.7 Å². The number of imidazole rings is 1. The third-order valence-electron chi connectivity index (χ3n) is 2.26. The van der Waals surface area contributed by atoms with Gasteiger partial charge in [-0.3, -0.25) is 0 Å². The number of hydrogen-bond donors (Lipinski definition) is 1. The van der Waals surface area contributed by atoms with Crippen LogP contribution in [0.2, 0.25) is 0 Å². The fraction of sp³-hybridized carbons (Fsp3) is 0.231. The minimum Gasteiger partial charge on any atom is -0.491 e. The normalized spacial score (nSPS) is 10.2. The summed E-state index contributed by atoms with van der Waals surface area (Å²) < 4.78 is 5.55. The molecule has 0 saturated carbocycles. The third kappa shape index (κ3) is 2.45. The summed E-state index contributed by atoms with van der Waals surface area (Å²) in [4.78, 5) is 6.89. The molecule has 0 bridgehead atoms. The molecule has 1 N–H and O–H groups in total. The number of nitriles is 1. The van der Waals surface area contributed by atoms with E-state index in [-0.39, 0.29) is 6.10 Å². The largest absolute Gasteiger partial charge is 0.491 e. The van der Waals surface area contributed by atoms with Crippen molar-refractivity contribution in [2.24, 2.45) is 0 Å². The van der Waals surface area contributed by atoms with E-state index in [9.17, 15) is 0 Å². The summed E-state index contributed by atoms with van der Waals surface area (Å²) in [5, 5.41) is 8.88. The molecule has 4 nitrogen and oxygen atoms in total. The molecule has 86 valence electrons. The van der Waals surface area contributed by atoms with Crippen molar-refractivity contribution in [3.05, 3.63) is 36.3 Å². The van der Waals surface area contributed by atoms with E-state index >= 15 is 0 Å². The summed E-state index contributed by atoms with van der Waals surface area (Å²) in [7, 11) is 0. The van der Waals surface area contributed by atoms with Gasteiger partial charge in [0.1, 0.15) is 11.8 Å². The Hall–Kier alpha value is -2.28. The van der Waals surface area contributed by atoms with Crippen molar-refractivity contribution in [2.75, 3.05) is 0 Å². The quantitative estimate of drug-likeness (QED) is 0.876. The predicted octanol–water partition coefficient (Wildman–Crippen LogP) is 2.74. The smallest absolute Gasteiger partial charge is 0.166 e. The summed E-state index contributed by atoms with van der Waals surface area (Å²) >= 11 is 0. The number of hydrogen-bond acceptors (Lipinski definition) is 3. The van der Waals surface area contributed by atoms with E-state index < -0.39 is 0 Å². The maximum Gasteiger partial charge on any atom is 0.166 e. The van der Waals surface area contributed by atoms with Crippen LogP contribution >= 0.6 is 0 Å². The van der Waals surface area contributed by atoms with Gasteiger partial charge in [0.05, 0.1) is 18.1 Å². The second-order valence-electron chi connectivity index (χ2n) is 3.93. The van der Waals surface area contributed by atoms with Crippen LogP contribution in [0.1, 0.15) is 19.5 Å². The minimum absolute atomic E-state index is 0.155. The Balaban J connectivity index is 2.27. The Kier molecular flexibility index (Phi) is 3.10. The second kappa shape index (κ2) is 4.71. The first kappa shape index (κ1) is 11.2. The van der Waals surface area contributed by atoms with E-state index in [2.05, 4.69) is 9.97 Å². The number of ether oxygens (including phenoxy) is 1. The van der Waals surface area contributed by atoms with Crippen LogP contribution < -0.4 is 4.74 Å². The van der Waals surface area contributed by atoms with E-state index in [4.69, 9.17) is 10.00 Å². The van der Waals surface area contributed by atoms with Crippen LogP contribution in [0, 0.1) is 11.3 Å². The molecule has 0 amide bonds. The highest BCUT2D eigenvalue weighted by Gasteiger charge is 2.07. The number of nitrogens with zero attached hydrogens (tertiary/aromatic N) is 2. The van der Waals surface area contributed by atoms with Gasteiger partial charge in [-0.05, 0) is 38.1 Å². The van der Waals surface area contributed by atoms with Crippen LogP contribution in [0.4, 0.5) is 0 Å². The van der Waals surface area contributed by atoms with Crippen molar-refractivity contribution in [1.82, 2.24) is 9.97 Å². The first-order chi connectivity index (χ1) is 8.20. The molecule has 0 spiro atoms. The zero-order chi connectivity index (χ0) is 12.3. The molecule has 0 saturated heterocycles. The Morgan fingerprint density at radius 2 is 2.00 bits per heavy atom. The van der Waals surface area contributed by atoms with Crippen molar-refractivity contribution in [1.29, 1.82) is 5.26 Å². The maximum atomic E-state index is 8.88. The van der Waals surface area contributed by atoms with Crippen molar-refractivity contribution in [2.45, 2.75) is 20.0 Å². The molecule has 1 aromatic carbocycles. The van der Waals surface area contributed by atoms with Crippen molar-refractivity contribution in [3.8, 4) is 23.1 Å². The highest BCUT2D eigenvalue weighted by atomic mass is 16.5. The van der Waals surface area contributed by atoms with Crippen LogP contribution in [0.5, 0.6) is 5.75 Å². The van der Waals surface area contributed by atoms with E-state index in [0.29, 0.717) is 5.69 Å². The van der Waals surface area contributed by atoms with Crippen molar-refractivity contribution < 1.29 is 4.74 Å². The molecular weight excluding hydrogens is 214 g/mol. The molecule has 0 aliphatic heterocycles. The summed E-state index contributed by atoms with van der Waals surface area (Å²) in [5.74, 6) is 0.821. The fourth-order valence-electron chi connectivity index (χ4n) is 1.57. The predicted molar refractivity (Wildman–Crippen MR) is 64.5 cm³/mol. The first-order valence-electron chi connectivity index (χ1n) is 5.41. The van der Waals surface area contributed by atoms with E-state index in [1.54, 1.807) is 0 Å². The third-order valence-corrected chi connectivity index (χ3v) is 2.26. The number of benzene rings is 1. The van der Waals surface area contributed by atoms with E-state index in [0.717, 1.165) is 17.0 Å². The number of aromatic amines is 1. The van der Waals surface area contributed by atoms with Crippen LogP contribution in [-0.4, -0.2) is 16.1 Å². The first-order valence-corrected chi connectivity index (χ1v) is 5.41. The molecule has 2 aromatic rings. The SMILES string of the molecule is CC(C)Oc1ccc(-c2[nH]cnc2C#N)cc1. The summed E-state index contributed by atoms with van der Waals surface area (Å²) in [6.45, 7) is 3.97. The van der Waals surface area contributed by atoms with Gasteiger partial charge in [-0.25, -0.2) is 4.98 Å². The monoisotopic (exact) mass is 227 g/mol. The zero-order valence-corrected chi connectivity index (χ0v) is 9.77. The minimum atomic E-state index is 0.155. The Bertz CT molecular complexity index is 535. The number of aromatic nitrogens is 2. The fourth-order valence-corrected chi connectivity index (χ4v) is 1.57. The lowest BCUT2D eigenvalue weighted by atomic mass is 10.1. The van der Waals surface area contributed by atoms with Crippen molar-refractivity contribution in [3.63, 3.8) is 0 Å². The van der Waals surface area contributed by atoms with Gasteiger partial charge in [0, 0.05) is 5.56 Å². The lowest BCUT2D eigenvalue weighted by Crippen LogP contribution is -2.05. The van der Waals surface area contributed by atoms with Gasteiger partial charge in [-0.1, -0.05) is 0 Å². The van der Waals surface area contributed by atoms with Gasteiger partial charge in [0.2, 0.25) is 0 Å². The van der Waals surface area contributed by atoms with Gasteiger partial charge >= 0.3 is 0 Å². The molecule has 0 fully saturated rings. The van der Waals surface area contributed by atoms with Crippen LogP contribution in [0.3, 0.4) is 0 Å². The molecule has 0 aliphatic rings. The Morgan fingerprint density at radius 3 is 2.59 bits per heavy atom. The zero-order valence-electron chi connectivity index (χ0n) is 9.77. The van der Waals surface area contributed by atoms with E-state index in [1.165, 1.54) is 6.33 Å². The maximum absolute atomic E-state index is 8.88. The summed E-state index contributed by atoms with van der Waals surface area (Å²) in [6, 6.07) is 9.64. The lowest BCUT2D eigenvalue weighted by Gasteiger charge is -2.09. The Morgan fingerprint density at radius 1 is 1.29 bits per heavy atom. The molecule has 0 unspecified atom stereocenters. The van der Waals surface area contributed by atoms with Gasteiger partial charge < -0.3 is 9.72 Å². The molecule has 0 radical (unpaired) electrons. The van der Waals surface area contributed by atoms with Gasteiger partial charge in [0.25, 0.3) is 0 Å². The molecule has 1 heterocycles. The number of nitrogens with one attached hydrogen (secondary N) is 1. The average Bonchev–Trinajstić information content (AvgIpc) is 2.77. The Labute approximate surface area is 99.9 Å². The van der Waals surface area contributed by atoms with E-state index in [1.807, 2.05) is 44.2 Å². The van der Waals surface area contributed by atoms with Gasteiger partial charge in [-0.15, -0.1) is 0 Å². The molecule has 1 aromatic heterocycles. The standard InChI is InChI=1S/C13H13N3O/c1-9(2)17-11-5-3-10(4-6-11)13-12(7-14)15-8-16-13/h3-6,8-9H,1-2H3,(H,15,16). The van der Waals surface area contributed by atoms with Gasteiger partial charge in [0.15, 0.2) is 5.69 Å². The molecule has 17 heavy (non-hydrogen) atoms. The highest BCUT2D eigenvalue weighted by Crippen LogP contribution is 2.23. The summed E-state index contributed by atoms with van der Waals surface area (Å²) in [5.41, 5.74) is 2.07. The number of H-pyrrole nitrogens is 1. The van der Waals surface area contributed by atoms with Crippen molar-refractivity contribution >= 4 is 0 Å². The summed E-state index contributed by atoms with van der Waals surface area (Å²) in [6.07, 6.45) is 1.68. The lowest BCUT2D eigenvalue weighted by molar-refractivity contribution is 0.242. The van der Waals surface area contributed by atoms with Crippen LogP contribution in [-0.2, 0) is 0 Å². The second-order valence-corrected chi connectivity index (χ2v) is 3.93. The van der Waals surface area contributed by atoms with Crippen LogP contribution in [0.15, 0.2) is 30.6 Å². The molecule has 4 heteroatoms. The molecule has 0 atom stereocenters. The van der Waals surface area contributed by atoms with Gasteiger partial charge in [-0.2, -0.15) is 5.26 Å². The average molecular weight is 227 g/mol. The molecule has 2 rings (SSSR count). The highest BCUT2D eigenvalue weighted by molar-refractivity contribution is 5.65. The van der Waals surface area contributed by atoms with Crippen LogP contribution in [0.25, 0.3) is 11.3 Å². The number of rotatable bonds is 3. The molecular formula is C13H13N3O.